The summed E-state index contributed by atoms with van der Waals surface area (Å²) in [5, 5.41) is 3.81. The van der Waals surface area contributed by atoms with Gasteiger partial charge in [-0.1, -0.05) is 48.0 Å². The molecular weight excluding hydrogens is 524 g/mol. The SMILES string of the molecule is COc1cccc(-c2cccc(C(=O)N3CCN(C(=O)C4=NCCC(c5cccc(Cl)c5)=CN4)C(C)(C)C3)c2)c1. The Bertz CT molecular complexity index is 1500. The number of halogens is 1. The first kappa shape index (κ1) is 27.5. The van der Waals surface area contributed by atoms with Crippen LogP contribution in [0.5, 0.6) is 5.75 Å². The van der Waals surface area contributed by atoms with Gasteiger partial charge in [-0.3, -0.25) is 14.6 Å². The number of rotatable bonds is 5. The molecule has 0 radical (unpaired) electrons. The van der Waals surface area contributed by atoms with Gasteiger partial charge in [0.2, 0.25) is 0 Å². The second-order valence-corrected chi connectivity index (χ2v) is 11.0. The van der Waals surface area contributed by atoms with Crippen molar-refractivity contribution in [2.75, 3.05) is 33.3 Å². The van der Waals surface area contributed by atoms with Crippen LogP contribution in [0.4, 0.5) is 0 Å². The number of benzene rings is 3. The average Bonchev–Trinajstić information content (AvgIpc) is 3.23. The Morgan fingerprint density at radius 1 is 0.925 bits per heavy atom. The van der Waals surface area contributed by atoms with Gasteiger partial charge in [-0.15, -0.1) is 0 Å². The van der Waals surface area contributed by atoms with Gasteiger partial charge >= 0.3 is 0 Å². The third-order valence-electron chi connectivity index (χ3n) is 7.38. The number of hydrogen-bond acceptors (Lipinski definition) is 5. The number of carbonyl (C=O) groups is 2. The van der Waals surface area contributed by atoms with Crippen LogP contribution < -0.4 is 10.1 Å². The van der Waals surface area contributed by atoms with Gasteiger partial charge in [-0.25, -0.2) is 0 Å². The molecule has 0 saturated carbocycles. The molecule has 2 amide bonds. The van der Waals surface area contributed by atoms with Gasteiger partial charge in [0.15, 0.2) is 5.84 Å². The summed E-state index contributed by atoms with van der Waals surface area (Å²) in [5.41, 5.74) is 4.01. The van der Waals surface area contributed by atoms with Crippen molar-refractivity contribution in [1.29, 1.82) is 0 Å². The summed E-state index contributed by atoms with van der Waals surface area (Å²) < 4.78 is 5.35. The van der Waals surface area contributed by atoms with E-state index in [1.807, 2.05) is 103 Å². The minimum absolute atomic E-state index is 0.0519. The molecule has 2 aliphatic heterocycles. The van der Waals surface area contributed by atoms with Crippen LogP contribution in [0.15, 0.2) is 84.0 Å². The second kappa shape index (κ2) is 11.6. The summed E-state index contributed by atoms with van der Waals surface area (Å²) in [6.07, 6.45) is 2.54. The highest BCUT2D eigenvalue weighted by Crippen LogP contribution is 2.28. The van der Waals surface area contributed by atoms with Crippen molar-refractivity contribution in [1.82, 2.24) is 15.1 Å². The van der Waals surface area contributed by atoms with Gasteiger partial charge in [-0.2, -0.15) is 0 Å². The van der Waals surface area contributed by atoms with Crippen molar-refractivity contribution >= 4 is 34.8 Å². The van der Waals surface area contributed by atoms with Crippen molar-refractivity contribution in [3.05, 3.63) is 95.1 Å². The number of methoxy groups -OCH3 is 1. The molecule has 206 valence electrons. The first-order chi connectivity index (χ1) is 19.2. The van der Waals surface area contributed by atoms with Crippen LogP contribution in [-0.2, 0) is 4.79 Å². The number of aliphatic imine (C=N–C) groups is 1. The smallest absolute Gasteiger partial charge is 0.289 e. The van der Waals surface area contributed by atoms with E-state index in [1.54, 1.807) is 7.11 Å². The summed E-state index contributed by atoms with van der Waals surface area (Å²) in [4.78, 5) is 35.3. The van der Waals surface area contributed by atoms with Crippen LogP contribution >= 0.6 is 11.6 Å². The third-order valence-corrected chi connectivity index (χ3v) is 7.61. The molecule has 1 saturated heterocycles. The first-order valence-corrected chi connectivity index (χ1v) is 13.7. The maximum absolute atomic E-state index is 13.6. The number of amides is 2. The number of nitrogens with one attached hydrogen (secondary N) is 1. The molecule has 2 aliphatic rings. The summed E-state index contributed by atoms with van der Waals surface area (Å²) in [5.74, 6) is 0.862. The molecule has 8 heteroatoms. The Balaban J connectivity index is 1.27. The van der Waals surface area contributed by atoms with E-state index in [-0.39, 0.29) is 11.8 Å². The lowest BCUT2D eigenvalue weighted by Crippen LogP contribution is -2.63. The standard InChI is InChI=1S/C32H33ClN4O3/c1-32(2)21-36(30(38)25-10-4-7-22(17-25)24-9-6-12-28(19-24)40-3)15-16-37(32)31(39)29-34-14-13-26(20-35-29)23-8-5-11-27(33)18-23/h4-12,17-20H,13-16,21H2,1-3H3,(H,34,35). The van der Waals surface area contributed by atoms with E-state index in [9.17, 15) is 9.59 Å². The normalized spacial score (nSPS) is 16.8. The maximum atomic E-state index is 13.6. The quantitative estimate of drug-likeness (QED) is 0.449. The fourth-order valence-corrected chi connectivity index (χ4v) is 5.45. The van der Waals surface area contributed by atoms with Crippen molar-refractivity contribution < 1.29 is 14.3 Å². The molecular formula is C32H33ClN4O3. The Morgan fingerprint density at radius 3 is 2.40 bits per heavy atom. The van der Waals surface area contributed by atoms with Crippen molar-refractivity contribution in [3.8, 4) is 16.9 Å². The van der Waals surface area contributed by atoms with Gasteiger partial charge in [-0.05, 0) is 78.9 Å². The molecule has 0 bridgehead atoms. The molecule has 5 rings (SSSR count). The largest absolute Gasteiger partial charge is 0.497 e. The van der Waals surface area contributed by atoms with Crippen LogP contribution in [0.3, 0.4) is 0 Å². The van der Waals surface area contributed by atoms with E-state index < -0.39 is 5.54 Å². The van der Waals surface area contributed by atoms with Gasteiger partial charge in [0, 0.05) is 43.0 Å². The highest BCUT2D eigenvalue weighted by Gasteiger charge is 2.40. The van der Waals surface area contributed by atoms with E-state index in [4.69, 9.17) is 16.3 Å². The third kappa shape index (κ3) is 5.89. The lowest BCUT2D eigenvalue weighted by Gasteiger charge is -2.47. The summed E-state index contributed by atoms with van der Waals surface area (Å²) in [7, 11) is 1.64. The molecule has 3 aromatic rings. The topological polar surface area (TPSA) is 74.2 Å². The monoisotopic (exact) mass is 556 g/mol. The van der Waals surface area contributed by atoms with Crippen LogP contribution in [0.2, 0.25) is 5.02 Å². The van der Waals surface area contributed by atoms with Gasteiger partial charge < -0.3 is 19.9 Å². The summed E-state index contributed by atoms with van der Waals surface area (Å²) in [6, 6.07) is 23.1. The van der Waals surface area contributed by atoms with Gasteiger partial charge in [0.1, 0.15) is 5.75 Å². The predicted molar refractivity (Wildman–Crippen MR) is 160 cm³/mol. The lowest BCUT2D eigenvalue weighted by molar-refractivity contribution is -0.132. The molecule has 0 unspecified atom stereocenters. The van der Waals surface area contributed by atoms with Crippen molar-refractivity contribution in [3.63, 3.8) is 0 Å². The molecule has 0 spiro atoms. The maximum Gasteiger partial charge on any atom is 0.289 e. The van der Waals surface area contributed by atoms with Crippen molar-refractivity contribution in [2.45, 2.75) is 25.8 Å². The van der Waals surface area contributed by atoms with Crippen LogP contribution in [0.1, 0.15) is 36.2 Å². The minimum Gasteiger partial charge on any atom is -0.497 e. The Kier molecular flexibility index (Phi) is 7.94. The molecule has 0 atom stereocenters. The van der Waals surface area contributed by atoms with E-state index in [0.29, 0.717) is 49.0 Å². The predicted octanol–water partition coefficient (Wildman–Crippen LogP) is 5.51. The number of piperazine rings is 1. The van der Waals surface area contributed by atoms with E-state index in [1.165, 1.54) is 0 Å². The molecule has 40 heavy (non-hydrogen) atoms. The molecule has 3 aromatic carbocycles. The van der Waals surface area contributed by atoms with E-state index in [2.05, 4.69) is 10.3 Å². The minimum atomic E-state index is -0.578. The molecule has 7 nitrogen and oxygen atoms in total. The Hall–Kier alpha value is -4.10. The first-order valence-electron chi connectivity index (χ1n) is 13.4. The number of ether oxygens (including phenoxy) is 1. The Morgan fingerprint density at radius 2 is 1.65 bits per heavy atom. The van der Waals surface area contributed by atoms with Gasteiger partial charge in [0.25, 0.3) is 11.8 Å². The molecule has 1 fully saturated rings. The van der Waals surface area contributed by atoms with Crippen molar-refractivity contribution in [2.24, 2.45) is 4.99 Å². The zero-order valence-corrected chi connectivity index (χ0v) is 23.7. The number of nitrogens with zero attached hydrogens (tertiary/aromatic N) is 3. The molecule has 0 aromatic heterocycles. The average molecular weight is 557 g/mol. The highest BCUT2D eigenvalue weighted by molar-refractivity contribution is 6.38. The van der Waals surface area contributed by atoms with Gasteiger partial charge in [0.05, 0.1) is 12.6 Å². The lowest BCUT2D eigenvalue weighted by atomic mass is 9.97. The fraction of sp³-hybridized carbons (Fsp3) is 0.281. The fourth-order valence-electron chi connectivity index (χ4n) is 5.26. The summed E-state index contributed by atoms with van der Waals surface area (Å²) >= 11 is 6.17. The number of hydrogen-bond donors (Lipinski definition) is 1. The van der Waals surface area contributed by atoms with Crippen LogP contribution in [-0.4, -0.2) is 66.3 Å². The molecule has 2 heterocycles. The second-order valence-electron chi connectivity index (χ2n) is 10.6. The zero-order valence-electron chi connectivity index (χ0n) is 23.0. The number of amidine groups is 1. The van der Waals surface area contributed by atoms with E-state index >= 15 is 0 Å². The molecule has 1 N–H and O–H groups in total. The Labute approximate surface area is 240 Å². The summed E-state index contributed by atoms with van der Waals surface area (Å²) in [6.45, 7) is 5.74. The molecule has 0 aliphatic carbocycles. The highest BCUT2D eigenvalue weighted by atomic mass is 35.5. The van der Waals surface area contributed by atoms with Crippen LogP contribution in [0.25, 0.3) is 16.7 Å². The van der Waals surface area contributed by atoms with E-state index in [0.717, 1.165) is 28.0 Å². The zero-order chi connectivity index (χ0) is 28.3. The number of carbonyl (C=O) groups excluding carboxylic acids is 2. The van der Waals surface area contributed by atoms with Crippen LogP contribution in [0, 0.1) is 0 Å².